The Balaban J connectivity index is 2.16. The minimum Gasteiger partial charge on any atom is -0.497 e. The van der Waals surface area contributed by atoms with Gasteiger partial charge in [-0.15, -0.1) is 0 Å². The van der Waals surface area contributed by atoms with Gasteiger partial charge in [-0.1, -0.05) is 12.1 Å². The number of hydrogen-bond acceptors (Lipinski definition) is 4. The highest BCUT2D eigenvalue weighted by atomic mass is 16.5. The average molecular weight is 342 g/mol. The average Bonchev–Trinajstić information content (AvgIpc) is 2.66. The Bertz CT molecular complexity index is 757. The minimum atomic E-state index is -0.175. The van der Waals surface area contributed by atoms with Crippen molar-refractivity contribution in [3.05, 3.63) is 59.2 Å². The maximum absolute atomic E-state index is 12.7. The van der Waals surface area contributed by atoms with E-state index in [-0.39, 0.29) is 11.8 Å². The molecule has 0 heterocycles. The molecule has 0 aliphatic carbocycles. The zero-order valence-electron chi connectivity index (χ0n) is 14.8. The lowest BCUT2D eigenvalue weighted by atomic mass is 10.1. The van der Waals surface area contributed by atoms with E-state index < -0.39 is 0 Å². The molecule has 132 valence electrons. The molecule has 2 aromatic carbocycles. The van der Waals surface area contributed by atoms with Crippen LogP contribution in [0, 0.1) is 0 Å². The number of amides is 2. The van der Waals surface area contributed by atoms with Gasteiger partial charge in [0.15, 0.2) is 0 Å². The van der Waals surface area contributed by atoms with Crippen LogP contribution in [0.3, 0.4) is 0 Å². The van der Waals surface area contributed by atoms with E-state index in [2.05, 4.69) is 5.32 Å². The molecule has 2 amide bonds. The van der Waals surface area contributed by atoms with E-state index in [1.165, 1.54) is 7.11 Å². The number of nitrogens with zero attached hydrogens (tertiary/aromatic N) is 1. The molecule has 6 heteroatoms. The Morgan fingerprint density at radius 1 is 1.04 bits per heavy atom. The Morgan fingerprint density at radius 3 is 2.28 bits per heavy atom. The summed E-state index contributed by atoms with van der Waals surface area (Å²) in [5.74, 6) is 0.767. The van der Waals surface area contributed by atoms with Crippen molar-refractivity contribution < 1.29 is 19.1 Å². The van der Waals surface area contributed by atoms with Crippen molar-refractivity contribution in [3.63, 3.8) is 0 Å². The maximum atomic E-state index is 12.7. The van der Waals surface area contributed by atoms with Gasteiger partial charge in [0.1, 0.15) is 11.5 Å². The van der Waals surface area contributed by atoms with Crippen molar-refractivity contribution in [1.82, 2.24) is 10.2 Å². The first-order valence-corrected chi connectivity index (χ1v) is 7.78. The summed E-state index contributed by atoms with van der Waals surface area (Å²) in [4.78, 5) is 25.9. The summed E-state index contributed by atoms with van der Waals surface area (Å²) in [5.41, 5.74) is 1.94. The van der Waals surface area contributed by atoms with Gasteiger partial charge in [-0.2, -0.15) is 0 Å². The molecule has 0 aliphatic heterocycles. The van der Waals surface area contributed by atoms with E-state index in [4.69, 9.17) is 9.47 Å². The third kappa shape index (κ3) is 4.29. The summed E-state index contributed by atoms with van der Waals surface area (Å²) in [6, 6.07) is 12.2. The zero-order valence-corrected chi connectivity index (χ0v) is 14.8. The van der Waals surface area contributed by atoms with Gasteiger partial charge < -0.3 is 19.7 Å². The summed E-state index contributed by atoms with van der Waals surface area (Å²) >= 11 is 0. The van der Waals surface area contributed by atoms with Crippen molar-refractivity contribution >= 4 is 11.8 Å². The standard InChI is InChI=1S/C19H22N2O4/c1-20-18(22)14-7-5-13(6-8-14)12-21(2)19(23)16-11-15(24-3)9-10-17(16)25-4/h5-11H,12H2,1-4H3,(H,20,22). The number of nitrogens with one attached hydrogen (secondary N) is 1. The van der Waals surface area contributed by atoms with Crippen LogP contribution in [0.5, 0.6) is 11.5 Å². The molecule has 0 atom stereocenters. The van der Waals surface area contributed by atoms with Gasteiger partial charge in [0.25, 0.3) is 11.8 Å². The van der Waals surface area contributed by atoms with E-state index in [0.717, 1.165) is 5.56 Å². The van der Waals surface area contributed by atoms with Crippen molar-refractivity contribution in [2.45, 2.75) is 6.54 Å². The van der Waals surface area contributed by atoms with Crippen LogP contribution >= 0.6 is 0 Å². The molecule has 0 radical (unpaired) electrons. The topological polar surface area (TPSA) is 67.9 Å². The van der Waals surface area contributed by atoms with E-state index in [9.17, 15) is 9.59 Å². The molecule has 2 aromatic rings. The number of hydrogen-bond donors (Lipinski definition) is 1. The lowest BCUT2D eigenvalue weighted by molar-refractivity contribution is 0.0781. The molecule has 0 saturated carbocycles. The predicted octanol–water partition coefficient (Wildman–Crippen LogP) is 2.34. The summed E-state index contributed by atoms with van der Waals surface area (Å²) in [6.45, 7) is 0.410. The van der Waals surface area contributed by atoms with Gasteiger partial charge in [0.2, 0.25) is 0 Å². The fourth-order valence-electron chi connectivity index (χ4n) is 2.44. The van der Waals surface area contributed by atoms with Crippen molar-refractivity contribution in [3.8, 4) is 11.5 Å². The summed E-state index contributed by atoms with van der Waals surface area (Å²) in [7, 11) is 6.38. The first kappa shape index (κ1) is 18.3. The molecule has 0 unspecified atom stereocenters. The maximum Gasteiger partial charge on any atom is 0.257 e. The van der Waals surface area contributed by atoms with Gasteiger partial charge >= 0.3 is 0 Å². The highest BCUT2D eigenvalue weighted by Crippen LogP contribution is 2.25. The van der Waals surface area contributed by atoms with E-state index in [1.807, 2.05) is 12.1 Å². The Labute approximate surface area is 147 Å². The molecule has 25 heavy (non-hydrogen) atoms. The number of carbonyl (C=O) groups is 2. The molecule has 0 aliphatic rings. The molecular formula is C19H22N2O4. The fraction of sp³-hybridized carbons (Fsp3) is 0.263. The molecule has 0 saturated heterocycles. The number of ether oxygens (including phenoxy) is 2. The van der Waals surface area contributed by atoms with Crippen LogP contribution in [0.15, 0.2) is 42.5 Å². The van der Waals surface area contributed by atoms with Crippen LogP contribution in [0.25, 0.3) is 0 Å². The number of methoxy groups -OCH3 is 2. The molecule has 2 rings (SSSR count). The zero-order chi connectivity index (χ0) is 18.4. The molecule has 0 aromatic heterocycles. The van der Waals surface area contributed by atoms with Gasteiger partial charge in [-0.3, -0.25) is 9.59 Å². The van der Waals surface area contributed by atoms with Gasteiger partial charge in [-0.05, 0) is 35.9 Å². The van der Waals surface area contributed by atoms with E-state index in [0.29, 0.717) is 29.2 Å². The second-order valence-corrected chi connectivity index (χ2v) is 5.50. The van der Waals surface area contributed by atoms with Crippen LogP contribution in [0.4, 0.5) is 0 Å². The molecule has 0 spiro atoms. The normalized spacial score (nSPS) is 10.1. The summed E-state index contributed by atoms with van der Waals surface area (Å²) in [6.07, 6.45) is 0. The number of benzene rings is 2. The van der Waals surface area contributed by atoms with Crippen molar-refractivity contribution in [1.29, 1.82) is 0 Å². The Kier molecular flexibility index (Phi) is 6.00. The van der Waals surface area contributed by atoms with Gasteiger partial charge in [0.05, 0.1) is 19.8 Å². The van der Waals surface area contributed by atoms with Crippen LogP contribution in [-0.2, 0) is 6.54 Å². The lowest BCUT2D eigenvalue weighted by Crippen LogP contribution is -2.26. The Morgan fingerprint density at radius 2 is 1.72 bits per heavy atom. The van der Waals surface area contributed by atoms with Crippen LogP contribution in [0.1, 0.15) is 26.3 Å². The molecular weight excluding hydrogens is 320 g/mol. The SMILES string of the molecule is CNC(=O)c1ccc(CN(C)C(=O)c2cc(OC)ccc2OC)cc1. The highest BCUT2D eigenvalue weighted by Gasteiger charge is 2.18. The first-order chi connectivity index (χ1) is 12.0. The predicted molar refractivity (Wildman–Crippen MR) is 95.2 cm³/mol. The minimum absolute atomic E-state index is 0.142. The summed E-state index contributed by atoms with van der Waals surface area (Å²) < 4.78 is 10.5. The van der Waals surface area contributed by atoms with E-state index in [1.54, 1.807) is 56.4 Å². The quantitative estimate of drug-likeness (QED) is 0.875. The largest absolute Gasteiger partial charge is 0.497 e. The highest BCUT2D eigenvalue weighted by molar-refractivity contribution is 5.97. The molecule has 0 fully saturated rings. The molecule has 0 bridgehead atoms. The van der Waals surface area contributed by atoms with Crippen molar-refractivity contribution in [2.24, 2.45) is 0 Å². The van der Waals surface area contributed by atoms with Gasteiger partial charge in [-0.25, -0.2) is 0 Å². The Hall–Kier alpha value is -3.02. The molecule has 1 N–H and O–H groups in total. The van der Waals surface area contributed by atoms with Crippen molar-refractivity contribution in [2.75, 3.05) is 28.3 Å². The monoisotopic (exact) mass is 342 g/mol. The third-order valence-electron chi connectivity index (χ3n) is 3.85. The number of carbonyl (C=O) groups excluding carboxylic acids is 2. The second kappa shape index (κ2) is 8.19. The number of rotatable bonds is 6. The smallest absolute Gasteiger partial charge is 0.257 e. The van der Waals surface area contributed by atoms with E-state index >= 15 is 0 Å². The lowest BCUT2D eigenvalue weighted by Gasteiger charge is -2.19. The second-order valence-electron chi connectivity index (χ2n) is 5.50. The summed E-state index contributed by atoms with van der Waals surface area (Å²) in [5, 5.41) is 2.58. The molecule has 6 nitrogen and oxygen atoms in total. The fourth-order valence-corrected chi connectivity index (χ4v) is 2.44. The van der Waals surface area contributed by atoms with Gasteiger partial charge in [0, 0.05) is 26.2 Å². The van der Waals surface area contributed by atoms with Crippen LogP contribution < -0.4 is 14.8 Å². The third-order valence-corrected chi connectivity index (χ3v) is 3.85. The first-order valence-electron chi connectivity index (χ1n) is 7.78. The van der Waals surface area contributed by atoms with Crippen LogP contribution in [-0.4, -0.2) is 45.0 Å². The van der Waals surface area contributed by atoms with Crippen LogP contribution in [0.2, 0.25) is 0 Å².